The Morgan fingerprint density at radius 1 is 1.38 bits per heavy atom. The van der Waals surface area contributed by atoms with Gasteiger partial charge in [0, 0.05) is 12.3 Å². The second-order valence-electron chi connectivity index (χ2n) is 4.25. The van der Waals surface area contributed by atoms with Crippen LogP contribution in [-0.2, 0) is 0 Å². The number of hydrogen-bond acceptors (Lipinski definition) is 2. The smallest absolute Gasteiger partial charge is 0.138 e. The lowest BCUT2D eigenvalue weighted by Gasteiger charge is -2.21. The first-order chi connectivity index (χ1) is 7.75. The van der Waals surface area contributed by atoms with Gasteiger partial charge in [-0.25, -0.2) is 4.98 Å². The van der Waals surface area contributed by atoms with E-state index in [1.807, 2.05) is 0 Å². The molecule has 1 aromatic heterocycles. The molecule has 1 aliphatic rings. The van der Waals surface area contributed by atoms with Crippen molar-refractivity contribution in [1.29, 1.82) is 0 Å². The van der Waals surface area contributed by atoms with Crippen LogP contribution in [0, 0.1) is 5.92 Å². The zero-order chi connectivity index (χ0) is 11.4. The van der Waals surface area contributed by atoms with E-state index in [0.29, 0.717) is 11.1 Å². The van der Waals surface area contributed by atoms with E-state index >= 15 is 0 Å². The van der Waals surface area contributed by atoms with Gasteiger partial charge >= 0.3 is 0 Å². The molecule has 0 aromatic carbocycles. The van der Waals surface area contributed by atoms with Gasteiger partial charge in [0.25, 0.3) is 0 Å². The van der Waals surface area contributed by atoms with E-state index in [2.05, 4.69) is 20.9 Å². The van der Waals surface area contributed by atoms with Gasteiger partial charge in [0.2, 0.25) is 0 Å². The fraction of sp³-hybridized carbons (Fsp3) is 0.583. The van der Waals surface area contributed by atoms with Gasteiger partial charge in [0.1, 0.15) is 10.9 Å². The van der Waals surface area contributed by atoms with Crippen LogP contribution in [0.1, 0.15) is 32.1 Å². The minimum absolute atomic E-state index is 0.474. The normalized spacial score (nSPS) is 17.4. The third-order valence-corrected chi connectivity index (χ3v) is 3.79. The molecule has 0 saturated heterocycles. The second kappa shape index (κ2) is 5.87. The van der Waals surface area contributed by atoms with Crippen LogP contribution in [0.15, 0.2) is 16.7 Å². The molecule has 0 N–H and O–H groups in total. The van der Waals surface area contributed by atoms with Crippen LogP contribution in [0.25, 0.3) is 0 Å². The summed E-state index contributed by atoms with van der Waals surface area (Å²) in [5, 5.41) is 0.474. The van der Waals surface area contributed by atoms with Crippen molar-refractivity contribution in [2.75, 3.05) is 6.61 Å². The molecule has 0 bridgehead atoms. The molecule has 1 aliphatic carbocycles. The van der Waals surface area contributed by atoms with E-state index in [1.54, 1.807) is 12.3 Å². The van der Waals surface area contributed by atoms with Crippen LogP contribution in [0.4, 0.5) is 0 Å². The maximum absolute atomic E-state index is 5.83. The lowest BCUT2D eigenvalue weighted by Crippen LogP contribution is -2.15. The molecular weight excluding hydrogens is 289 g/mol. The molecule has 0 unspecified atom stereocenters. The SMILES string of the molecule is Clc1cc(OCC2CCCCC2)c(Br)cn1. The van der Waals surface area contributed by atoms with E-state index in [4.69, 9.17) is 16.3 Å². The highest BCUT2D eigenvalue weighted by molar-refractivity contribution is 9.10. The van der Waals surface area contributed by atoms with Crippen molar-refractivity contribution in [3.63, 3.8) is 0 Å². The molecule has 0 aliphatic heterocycles. The summed E-state index contributed by atoms with van der Waals surface area (Å²) in [5.41, 5.74) is 0. The number of rotatable bonds is 3. The van der Waals surface area contributed by atoms with Gasteiger partial charge < -0.3 is 4.74 Å². The summed E-state index contributed by atoms with van der Waals surface area (Å²) in [5.74, 6) is 1.50. The fourth-order valence-corrected chi connectivity index (χ4v) is 2.55. The Hall–Kier alpha value is -0.280. The number of halogens is 2. The summed E-state index contributed by atoms with van der Waals surface area (Å²) < 4.78 is 6.65. The molecule has 0 radical (unpaired) electrons. The maximum atomic E-state index is 5.83. The van der Waals surface area contributed by atoms with Gasteiger partial charge in [0.15, 0.2) is 0 Å². The van der Waals surface area contributed by atoms with E-state index in [0.717, 1.165) is 16.8 Å². The van der Waals surface area contributed by atoms with Gasteiger partial charge in [-0.15, -0.1) is 0 Å². The van der Waals surface area contributed by atoms with Crippen LogP contribution in [0.3, 0.4) is 0 Å². The molecule has 1 fully saturated rings. The standard InChI is InChI=1S/C12H15BrClNO/c13-10-7-15-12(14)6-11(10)16-8-9-4-2-1-3-5-9/h6-7,9H,1-5,8H2. The van der Waals surface area contributed by atoms with Crippen molar-refractivity contribution < 1.29 is 4.74 Å². The molecule has 2 rings (SSSR count). The minimum Gasteiger partial charge on any atom is -0.492 e. The minimum atomic E-state index is 0.474. The first-order valence-electron chi connectivity index (χ1n) is 5.69. The molecule has 16 heavy (non-hydrogen) atoms. The Labute approximate surface area is 109 Å². The van der Waals surface area contributed by atoms with E-state index < -0.39 is 0 Å². The van der Waals surface area contributed by atoms with Gasteiger partial charge in [-0.3, -0.25) is 0 Å². The largest absolute Gasteiger partial charge is 0.492 e. The van der Waals surface area contributed by atoms with Gasteiger partial charge in [-0.2, -0.15) is 0 Å². The highest BCUT2D eigenvalue weighted by atomic mass is 79.9. The highest BCUT2D eigenvalue weighted by Crippen LogP contribution is 2.29. The van der Waals surface area contributed by atoms with E-state index in [1.165, 1.54) is 32.1 Å². The Bertz CT molecular complexity index is 353. The Morgan fingerprint density at radius 3 is 2.88 bits per heavy atom. The number of aromatic nitrogens is 1. The lowest BCUT2D eigenvalue weighted by atomic mass is 9.90. The predicted molar refractivity (Wildman–Crippen MR) is 69.0 cm³/mol. The number of nitrogens with zero attached hydrogens (tertiary/aromatic N) is 1. The third kappa shape index (κ3) is 3.36. The first-order valence-corrected chi connectivity index (χ1v) is 6.86. The zero-order valence-corrected chi connectivity index (χ0v) is 11.4. The summed E-state index contributed by atoms with van der Waals surface area (Å²) >= 11 is 9.24. The Morgan fingerprint density at radius 2 is 2.12 bits per heavy atom. The average Bonchev–Trinajstić information content (AvgIpc) is 2.32. The van der Waals surface area contributed by atoms with E-state index in [-0.39, 0.29) is 0 Å². The van der Waals surface area contributed by atoms with Crippen LogP contribution >= 0.6 is 27.5 Å². The Kier molecular flexibility index (Phi) is 4.47. The number of ether oxygens (including phenoxy) is 1. The molecular formula is C12H15BrClNO. The van der Waals surface area contributed by atoms with Gasteiger partial charge in [0.05, 0.1) is 11.1 Å². The van der Waals surface area contributed by atoms with Crippen LogP contribution in [0.5, 0.6) is 5.75 Å². The maximum Gasteiger partial charge on any atom is 0.138 e. The summed E-state index contributed by atoms with van der Waals surface area (Å²) in [6.45, 7) is 0.791. The van der Waals surface area contributed by atoms with Crippen molar-refractivity contribution in [2.24, 2.45) is 5.92 Å². The molecule has 1 aromatic rings. The molecule has 0 amide bonds. The quantitative estimate of drug-likeness (QED) is 0.769. The molecule has 1 heterocycles. The summed E-state index contributed by atoms with van der Waals surface area (Å²) in [6, 6.07) is 1.76. The predicted octanol–water partition coefficient (Wildman–Crippen LogP) is 4.46. The monoisotopic (exact) mass is 303 g/mol. The molecule has 0 atom stereocenters. The van der Waals surface area contributed by atoms with Crippen molar-refractivity contribution in [2.45, 2.75) is 32.1 Å². The van der Waals surface area contributed by atoms with Crippen LogP contribution in [0.2, 0.25) is 5.15 Å². The molecule has 1 saturated carbocycles. The summed E-state index contributed by atoms with van der Waals surface area (Å²) in [7, 11) is 0. The van der Waals surface area contributed by atoms with Crippen molar-refractivity contribution in [3.8, 4) is 5.75 Å². The average molecular weight is 305 g/mol. The zero-order valence-electron chi connectivity index (χ0n) is 9.09. The molecule has 0 spiro atoms. The Balaban J connectivity index is 1.90. The van der Waals surface area contributed by atoms with Crippen molar-refractivity contribution in [3.05, 3.63) is 21.9 Å². The van der Waals surface area contributed by atoms with Crippen LogP contribution in [-0.4, -0.2) is 11.6 Å². The molecule has 4 heteroatoms. The number of hydrogen-bond donors (Lipinski definition) is 0. The lowest BCUT2D eigenvalue weighted by molar-refractivity contribution is 0.207. The molecule has 88 valence electrons. The fourth-order valence-electron chi connectivity index (χ4n) is 2.07. The van der Waals surface area contributed by atoms with E-state index in [9.17, 15) is 0 Å². The van der Waals surface area contributed by atoms with Crippen molar-refractivity contribution >= 4 is 27.5 Å². The molecule has 2 nitrogen and oxygen atoms in total. The summed E-state index contributed by atoms with van der Waals surface area (Å²) in [4.78, 5) is 3.97. The summed E-state index contributed by atoms with van der Waals surface area (Å²) in [6.07, 6.45) is 8.31. The third-order valence-electron chi connectivity index (χ3n) is 2.99. The van der Waals surface area contributed by atoms with Crippen molar-refractivity contribution in [1.82, 2.24) is 4.98 Å². The highest BCUT2D eigenvalue weighted by Gasteiger charge is 2.14. The second-order valence-corrected chi connectivity index (χ2v) is 5.49. The van der Waals surface area contributed by atoms with Crippen LogP contribution < -0.4 is 4.74 Å². The number of pyridine rings is 1. The van der Waals surface area contributed by atoms with Gasteiger partial charge in [-0.1, -0.05) is 30.9 Å². The topological polar surface area (TPSA) is 22.1 Å². The van der Waals surface area contributed by atoms with Gasteiger partial charge in [-0.05, 0) is 34.7 Å². The first kappa shape index (κ1) is 12.2.